The van der Waals surface area contributed by atoms with E-state index in [4.69, 9.17) is 5.73 Å². The van der Waals surface area contributed by atoms with Crippen molar-refractivity contribution in [3.05, 3.63) is 0 Å². The van der Waals surface area contributed by atoms with Crippen LogP contribution in [0.5, 0.6) is 0 Å². The first-order valence-corrected chi connectivity index (χ1v) is 4.91. The molecule has 2 aliphatic rings. The Morgan fingerprint density at radius 3 is 2.83 bits per heavy atom. The molecule has 2 fully saturated rings. The minimum absolute atomic E-state index is 0.315. The minimum Gasteiger partial charge on any atom is -0.390 e. The Morgan fingerprint density at radius 2 is 2.33 bits per heavy atom. The van der Waals surface area contributed by atoms with E-state index >= 15 is 0 Å². The molecule has 1 heterocycles. The van der Waals surface area contributed by atoms with Crippen molar-refractivity contribution in [2.75, 3.05) is 19.6 Å². The highest BCUT2D eigenvalue weighted by Crippen LogP contribution is 2.37. The van der Waals surface area contributed by atoms with Crippen LogP contribution in [0.2, 0.25) is 0 Å². The molecule has 12 heavy (non-hydrogen) atoms. The highest BCUT2D eigenvalue weighted by molar-refractivity contribution is 4.92. The molecule has 3 heteroatoms. The van der Waals surface area contributed by atoms with E-state index in [9.17, 15) is 5.11 Å². The Hall–Kier alpha value is -0.120. The predicted molar refractivity (Wildman–Crippen MR) is 47.8 cm³/mol. The van der Waals surface area contributed by atoms with E-state index in [-0.39, 0.29) is 6.10 Å². The van der Waals surface area contributed by atoms with Crippen molar-refractivity contribution in [2.24, 2.45) is 11.7 Å². The van der Waals surface area contributed by atoms with E-state index in [0.717, 1.165) is 18.5 Å². The Bertz CT molecular complexity index is 163. The van der Waals surface area contributed by atoms with Gasteiger partial charge < -0.3 is 10.8 Å². The Labute approximate surface area is 73.5 Å². The first-order valence-electron chi connectivity index (χ1n) is 4.91. The number of fused-ring (bicyclic) bond motifs is 2. The summed E-state index contributed by atoms with van der Waals surface area (Å²) in [4.78, 5) is 2.41. The van der Waals surface area contributed by atoms with Crippen LogP contribution in [-0.2, 0) is 0 Å². The minimum atomic E-state index is -0.315. The van der Waals surface area contributed by atoms with Gasteiger partial charge in [0.15, 0.2) is 0 Å². The highest BCUT2D eigenvalue weighted by atomic mass is 16.3. The number of nitrogens with zero attached hydrogens (tertiary/aromatic N) is 1. The number of hydrogen-bond donors (Lipinski definition) is 2. The molecule has 1 saturated carbocycles. The lowest BCUT2D eigenvalue weighted by Crippen LogP contribution is -2.40. The van der Waals surface area contributed by atoms with Crippen molar-refractivity contribution in [3.63, 3.8) is 0 Å². The second-order valence-electron chi connectivity index (χ2n) is 4.18. The maximum absolute atomic E-state index is 9.38. The summed E-state index contributed by atoms with van der Waals surface area (Å²) in [6, 6.07) is 0.760. The molecular weight excluding hydrogens is 152 g/mol. The summed E-state index contributed by atoms with van der Waals surface area (Å²) >= 11 is 0. The van der Waals surface area contributed by atoms with Crippen LogP contribution in [0.15, 0.2) is 0 Å². The largest absolute Gasteiger partial charge is 0.390 e. The molecule has 1 saturated heterocycles. The van der Waals surface area contributed by atoms with Gasteiger partial charge in [0.05, 0.1) is 6.10 Å². The van der Waals surface area contributed by atoms with Crippen molar-refractivity contribution in [1.82, 2.24) is 4.90 Å². The van der Waals surface area contributed by atoms with Crippen LogP contribution in [-0.4, -0.2) is 41.8 Å². The molecule has 0 radical (unpaired) electrons. The smallest absolute Gasteiger partial charge is 0.0789 e. The van der Waals surface area contributed by atoms with Gasteiger partial charge in [0.2, 0.25) is 0 Å². The van der Waals surface area contributed by atoms with Crippen LogP contribution in [0.25, 0.3) is 0 Å². The Kier molecular flexibility index (Phi) is 2.35. The van der Waals surface area contributed by atoms with Gasteiger partial charge in [0.1, 0.15) is 0 Å². The van der Waals surface area contributed by atoms with E-state index in [2.05, 4.69) is 4.90 Å². The summed E-state index contributed by atoms with van der Waals surface area (Å²) < 4.78 is 0. The number of rotatable bonds is 3. The molecule has 2 bridgehead atoms. The van der Waals surface area contributed by atoms with Gasteiger partial charge in [-0.05, 0) is 25.2 Å². The SMILES string of the molecule is NCC(O)CN1CC2CCC1C2. The second-order valence-corrected chi connectivity index (χ2v) is 4.18. The summed E-state index contributed by atoms with van der Waals surface area (Å²) in [6.45, 7) is 2.38. The summed E-state index contributed by atoms with van der Waals surface area (Å²) in [5.74, 6) is 0.917. The lowest BCUT2D eigenvalue weighted by atomic mass is 10.1. The van der Waals surface area contributed by atoms with E-state index in [1.165, 1.54) is 25.8 Å². The van der Waals surface area contributed by atoms with Gasteiger partial charge in [0, 0.05) is 25.7 Å². The van der Waals surface area contributed by atoms with Crippen LogP contribution >= 0.6 is 0 Å². The third-order valence-electron chi connectivity index (χ3n) is 3.24. The van der Waals surface area contributed by atoms with Gasteiger partial charge in [-0.25, -0.2) is 0 Å². The van der Waals surface area contributed by atoms with E-state index in [0.29, 0.717) is 6.54 Å². The highest BCUT2D eigenvalue weighted by Gasteiger charge is 2.37. The van der Waals surface area contributed by atoms with Crippen LogP contribution in [0.4, 0.5) is 0 Å². The van der Waals surface area contributed by atoms with Crippen molar-refractivity contribution in [2.45, 2.75) is 31.4 Å². The average Bonchev–Trinajstić information content (AvgIpc) is 2.64. The fourth-order valence-electron chi connectivity index (χ4n) is 2.60. The fourth-order valence-corrected chi connectivity index (χ4v) is 2.60. The van der Waals surface area contributed by atoms with E-state index in [1.54, 1.807) is 0 Å². The number of likely N-dealkylation sites (tertiary alicyclic amines) is 1. The van der Waals surface area contributed by atoms with Gasteiger partial charge in [0.25, 0.3) is 0 Å². The number of hydrogen-bond acceptors (Lipinski definition) is 3. The maximum atomic E-state index is 9.38. The molecule has 0 spiro atoms. The first-order chi connectivity index (χ1) is 5.79. The van der Waals surface area contributed by atoms with Gasteiger partial charge in [-0.15, -0.1) is 0 Å². The number of β-amino-alcohol motifs (C(OH)–C–C–N with tert-alkyl or cyclic N) is 1. The van der Waals surface area contributed by atoms with Crippen LogP contribution in [0.1, 0.15) is 19.3 Å². The van der Waals surface area contributed by atoms with Crippen LogP contribution in [0.3, 0.4) is 0 Å². The third kappa shape index (κ3) is 1.49. The van der Waals surface area contributed by atoms with Gasteiger partial charge in [-0.3, -0.25) is 4.90 Å². The van der Waals surface area contributed by atoms with Crippen molar-refractivity contribution < 1.29 is 5.11 Å². The van der Waals surface area contributed by atoms with Crippen molar-refractivity contribution in [1.29, 1.82) is 0 Å². The molecule has 0 aromatic carbocycles. The lowest BCUT2D eigenvalue weighted by molar-refractivity contribution is 0.0998. The van der Waals surface area contributed by atoms with Crippen molar-refractivity contribution in [3.8, 4) is 0 Å². The fraction of sp³-hybridized carbons (Fsp3) is 1.00. The summed E-state index contributed by atoms with van der Waals surface area (Å²) in [5.41, 5.74) is 5.37. The number of aliphatic hydroxyl groups excluding tert-OH is 1. The standard InChI is InChI=1S/C9H18N2O/c10-4-9(12)6-11-5-7-1-2-8(11)3-7/h7-9,12H,1-6,10H2. The first kappa shape index (κ1) is 8.48. The zero-order valence-corrected chi connectivity index (χ0v) is 7.45. The molecule has 0 aromatic rings. The number of aliphatic hydroxyl groups is 1. The monoisotopic (exact) mass is 170 g/mol. The number of piperidine rings is 1. The average molecular weight is 170 g/mol. The molecule has 1 aliphatic carbocycles. The van der Waals surface area contributed by atoms with E-state index < -0.39 is 0 Å². The molecular formula is C9H18N2O. The number of nitrogens with two attached hydrogens (primary N) is 1. The van der Waals surface area contributed by atoms with Crippen LogP contribution < -0.4 is 5.73 Å². The van der Waals surface area contributed by atoms with Gasteiger partial charge >= 0.3 is 0 Å². The molecule has 3 atom stereocenters. The maximum Gasteiger partial charge on any atom is 0.0789 e. The Morgan fingerprint density at radius 1 is 1.50 bits per heavy atom. The predicted octanol–water partition coefficient (Wildman–Crippen LogP) is -0.210. The Balaban J connectivity index is 1.82. The molecule has 3 N–H and O–H groups in total. The van der Waals surface area contributed by atoms with E-state index in [1.807, 2.05) is 0 Å². The molecule has 2 rings (SSSR count). The summed E-state index contributed by atoms with van der Waals surface area (Å²) in [6.07, 6.45) is 3.78. The molecule has 1 aliphatic heterocycles. The quantitative estimate of drug-likeness (QED) is 0.616. The van der Waals surface area contributed by atoms with Crippen LogP contribution in [0, 0.1) is 5.92 Å². The molecule has 0 aromatic heterocycles. The summed E-state index contributed by atoms with van der Waals surface area (Å²) in [7, 11) is 0. The zero-order valence-electron chi connectivity index (χ0n) is 7.45. The third-order valence-corrected chi connectivity index (χ3v) is 3.24. The summed E-state index contributed by atoms with van der Waals surface area (Å²) in [5, 5.41) is 9.38. The van der Waals surface area contributed by atoms with Crippen molar-refractivity contribution >= 4 is 0 Å². The normalized spacial score (nSPS) is 37.5. The second kappa shape index (κ2) is 3.32. The zero-order chi connectivity index (χ0) is 8.55. The molecule has 70 valence electrons. The molecule has 0 amide bonds. The molecule has 3 unspecified atom stereocenters. The lowest BCUT2D eigenvalue weighted by Gasteiger charge is -2.28. The topological polar surface area (TPSA) is 49.5 Å². The van der Waals surface area contributed by atoms with Gasteiger partial charge in [-0.1, -0.05) is 0 Å². The van der Waals surface area contributed by atoms with Gasteiger partial charge in [-0.2, -0.15) is 0 Å². The molecule has 3 nitrogen and oxygen atoms in total.